The van der Waals surface area contributed by atoms with Crippen molar-refractivity contribution in [1.29, 1.82) is 0 Å². The van der Waals surface area contributed by atoms with Crippen LogP contribution in [0, 0.1) is 13.8 Å². The first-order valence-corrected chi connectivity index (χ1v) is 8.88. The minimum atomic E-state index is -0.365. The van der Waals surface area contributed by atoms with Gasteiger partial charge in [0.05, 0.1) is 5.56 Å². The Kier molecular flexibility index (Phi) is 4.07. The highest BCUT2D eigenvalue weighted by Crippen LogP contribution is 2.29. The van der Waals surface area contributed by atoms with Crippen molar-refractivity contribution in [3.63, 3.8) is 0 Å². The van der Waals surface area contributed by atoms with Gasteiger partial charge in [-0.05, 0) is 42.7 Å². The molecule has 1 saturated heterocycles. The third-order valence-electron chi connectivity index (χ3n) is 5.25. The highest BCUT2D eigenvalue weighted by atomic mass is 16.2. The quantitative estimate of drug-likeness (QED) is 0.681. The van der Waals surface area contributed by atoms with E-state index in [0.29, 0.717) is 24.3 Å². The molecule has 0 spiro atoms. The molecule has 1 aromatic heterocycles. The van der Waals surface area contributed by atoms with E-state index < -0.39 is 0 Å². The van der Waals surface area contributed by atoms with Crippen molar-refractivity contribution in [3.05, 3.63) is 74.2 Å². The number of benzene rings is 1. The topological polar surface area (TPSA) is 53.5 Å². The SMILES string of the molecule is Cc1ccc(-c2c(N3CCN(c4ccccn4)CC3)c(=O)c2=O)cc1C. The smallest absolute Gasteiger partial charge is 0.250 e. The number of hydrogen-bond donors (Lipinski definition) is 0. The lowest BCUT2D eigenvalue weighted by molar-refractivity contribution is 0.645. The van der Waals surface area contributed by atoms with Gasteiger partial charge in [-0.3, -0.25) is 9.59 Å². The van der Waals surface area contributed by atoms with Gasteiger partial charge in [-0.15, -0.1) is 0 Å². The summed E-state index contributed by atoms with van der Waals surface area (Å²) >= 11 is 0. The predicted molar refractivity (Wildman–Crippen MR) is 105 cm³/mol. The van der Waals surface area contributed by atoms with Crippen LogP contribution in [0.25, 0.3) is 11.1 Å². The first-order valence-electron chi connectivity index (χ1n) is 8.88. The highest BCUT2D eigenvalue weighted by Gasteiger charge is 2.29. The fourth-order valence-corrected chi connectivity index (χ4v) is 3.55. The first-order chi connectivity index (χ1) is 12.6. The lowest BCUT2D eigenvalue weighted by Gasteiger charge is -2.37. The summed E-state index contributed by atoms with van der Waals surface area (Å²) in [5, 5.41) is 0. The highest BCUT2D eigenvalue weighted by molar-refractivity contribution is 5.83. The Morgan fingerprint density at radius 3 is 2.23 bits per heavy atom. The summed E-state index contributed by atoms with van der Waals surface area (Å²) in [4.78, 5) is 33.2. The second-order valence-corrected chi connectivity index (χ2v) is 6.84. The molecule has 4 rings (SSSR count). The molecule has 2 aromatic carbocycles. The zero-order valence-electron chi connectivity index (χ0n) is 15.0. The lowest BCUT2D eigenvalue weighted by atomic mass is 9.94. The summed E-state index contributed by atoms with van der Waals surface area (Å²) in [6.07, 6.45) is 1.79. The molecule has 0 unspecified atom stereocenters. The molecule has 0 atom stereocenters. The Labute approximate surface area is 152 Å². The van der Waals surface area contributed by atoms with Gasteiger partial charge in [-0.1, -0.05) is 24.3 Å². The second-order valence-electron chi connectivity index (χ2n) is 6.84. The number of rotatable bonds is 3. The molecule has 5 nitrogen and oxygen atoms in total. The molecule has 132 valence electrons. The van der Waals surface area contributed by atoms with Crippen LogP contribution in [-0.2, 0) is 0 Å². The molecule has 0 saturated carbocycles. The van der Waals surface area contributed by atoms with Gasteiger partial charge in [0.2, 0.25) is 10.9 Å². The van der Waals surface area contributed by atoms with Crippen LogP contribution in [0.1, 0.15) is 11.1 Å². The van der Waals surface area contributed by atoms with Gasteiger partial charge in [-0.2, -0.15) is 0 Å². The van der Waals surface area contributed by atoms with Gasteiger partial charge < -0.3 is 9.80 Å². The number of piperazine rings is 1. The second kappa shape index (κ2) is 6.41. The molecule has 1 aliphatic heterocycles. The van der Waals surface area contributed by atoms with E-state index >= 15 is 0 Å². The van der Waals surface area contributed by atoms with Gasteiger partial charge in [0.1, 0.15) is 11.5 Å². The van der Waals surface area contributed by atoms with Crippen molar-refractivity contribution in [2.24, 2.45) is 0 Å². The van der Waals surface area contributed by atoms with Crippen LogP contribution in [0.5, 0.6) is 0 Å². The molecule has 0 amide bonds. The maximum atomic E-state index is 12.3. The molecule has 5 heteroatoms. The molecule has 0 aliphatic carbocycles. The van der Waals surface area contributed by atoms with E-state index in [0.717, 1.165) is 30.0 Å². The van der Waals surface area contributed by atoms with Crippen LogP contribution in [0.4, 0.5) is 11.5 Å². The first kappa shape index (κ1) is 16.5. The summed E-state index contributed by atoms with van der Waals surface area (Å²) < 4.78 is 0. The van der Waals surface area contributed by atoms with Gasteiger partial charge >= 0.3 is 0 Å². The van der Waals surface area contributed by atoms with Crippen molar-refractivity contribution in [2.45, 2.75) is 13.8 Å². The standard InChI is InChI=1S/C21H21N3O2/c1-14-6-7-16(13-15(14)2)18-19(21(26)20(18)25)24-11-9-23(10-12-24)17-5-3-4-8-22-17/h3-8,13H,9-12H2,1-2H3. The average molecular weight is 347 g/mol. The fourth-order valence-electron chi connectivity index (χ4n) is 3.55. The van der Waals surface area contributed by atoms with Crippen LogP contribution < -0.4 is 20.7 Å². The van der Waals surface area contributed by atoms with Crippen molar-refractivity contribution >= 4 is 11.5 Å². The number of anilines is 2. The maximum Gasteiger partial charge on any atom is 0.250 e. The average Bonchev–Trinajstić information content (AvgIpc) is 2.68. The number of pyridine rings is 1. The Hall–Kier alpha value is -2.95. The van der Waals surface area contributed by atoms with E-state index in [1.54, 1.807) is 6.20 Å². The molecule has 1 fully saturated rings. The third-order valence-corrected chi connectivity index (χ3v) is 5.25. The minimum Gasteiger partial charge on any atom is -0.364 e. The fraction of sp³-hybridized carbons (Fsp3) is 0.286. The molecule has 1 aliphatic rings. The van der Waals surface area contributed by atoms with Crippen molar-refractivity contribution < 1.29 is 0 Å². The summed E-state index contributed by atoms with van der Waals surface area (Å²) in [5.41, 5.74) is 3.59. The van der Waals surface area contributed by atoms with Crippen LogP contribution in [-0.4, -0.2) is 31.2 Å². The molecule has 26 heavy (non-hydrogen) atoms. The Bertz CT molecular complexity index is 1010. The summed E-state index contributed by atoms with van der Waals surface area (Å²) in [5.74, 6) is 0.950. The van der Waals surface area contributed by atoms with Crippen molar-refractivity contribution in [2.75, 3.05) is 36.0 Å². The molecule has 0 N–H and O–H groups in total. The minimum absolute atomic E-state index is 0.357. The number of aryl methyl sites for hydroxylation is 2. The number of aromatic nitrogens is 1. The van der Waals surface area contributed by atoms with E-state index in [-0.39, 0.29) is 10.9 Å². The van der Waals surface area contributed by atoms with Crippen molar-refractivity contribution in [1.82, 2.24) is 4.98 Å². The Morgan fingerprint density at radius 2 is 1.58 bits per heavy atom. The summed E-state index contributed by atoms with van der Waals surface area (Å²) in [6.45, 7) is 7.04. The van der Waals surface area contributed by atoms with E-state index in [1.807, 2.05) is 55.1 Å². The normalized spacial score (nSPS) is 14.8. The number of nitrogens with zero attached hydrogens (tertiary/aromatic N) is 3. The third kappa shape index (κ3) is 2.69. The number of hydrogen-bond acceptors (Lipinski definition) is 5. The van der Waals surface area contributed by atoms with Gasteiger partial charge in [0.25, 0.3) is 0 Å². The zero-order valence-corrected chi connectivity index (χ0v) is 15.0. The maximum absolute atomic E-state index is 12.3. The van der Waals surface area contributed by atoms with E-state index in [1.165, 1.54) is 5.56 Å². The Balaban J connectivity index is 1.58. The zero-order chi connectivity index (χ0) is 18.3. The predicted octanol–water partition coefficient (Wildman–Crippen LogP) is 2.29. The van der Waals surface area contributed by atoms with Gasteiger partial charge in [0, 0.05) is 32.4 Å². The van der Waals surface area contributed by atoms with Crippen LogP contribution in [0.2, 0.25) is 0 Å². The monoisotopic (exact) mass is 347 g/mol. The molecule has 3 aromatic rings. The van der Waals surface area contributed by atoms with Gasteiger partial charge in [-0.25, -0.2) is 4.98 Å². The van der Waals surface area contributed by atoms with Crippen LogP contribution in [0.15, 0.2) is 52.2 Å². The van der Waals surface area contributed by atoms with E-state index in [9.17, 15) is 9.59 Å². The Morgan fingerprint density at radius 1 is 0.846 bits per heavy atom. The van der Waals surface area contributed by atoms with Crippen LogP contribution in [0.3, 0.4) is 0 Å². The van der Waals surface area contributed by atoms with Crippen LogP contribution >= 0.6 is 0 Å². The van der Waals surface area contributed by atoms with Crippen molar-refractivity contribution in [3.8, 4) is 11.1 Å². The summed E-state index contributed by atoms with van der Waals surface area (Å²) in [7, 11) is 0. The lowest BCUT2D eigenvalue weighted by Crippen LogP contribution is -2.51. The van der Waals surface area contributed by atoms with Gasteiger partial charge in [0.15, 0.2) is 0 Å². The largest absolute Gasteiger partial charge is 0.364 e. The van der Waals surface area contributed by atoms with E-state index in [2.05, 4.69) is 9.88 Å². The molecular weight excluding hydrogens is 326 g/mol. The molecule has 0 bridgehead atoms. The van der Waals surface area contributed by atoms with E-state index in [4.69, 9.17) is 0 Å². The molecule has 2 heterocycles. The molecular formula is C21H21N3O2. The summed E-state index contributed by atoms with van der Waals surface area (Å²) in [6, 6.07) is 11.8. The molecule has 0 radical (unpaired) electrons.